The van der Waals surface area contributed by atoms with Gasteiger partial charge in [0.15, 0.2) is 5.65 Å². The topological polar surface area (TPSA) is 99.8 Å². The van der Waals surface area contributed by atoms with Crippen LogP contribution in [0.5, 0.6) is 0 Å². The monoisotopic (exact) mass is 379 g/mol. The van der Waals surface area contributed by atoms with E-state index in [2.05, 4.69) is 15.4 Å². The number of carbonyl (C=O) groups is 2. The molecule has 0 aliphatic carbocycles. The molecule has 1 saturated heterocycles. The van der Waals surface area contributed by atoms with Crippen LogP contribution in [0.25, 0.3) is 5.65 Å². The number of piperidine rings is 1. The summed E-state index contributed by atoms with van der Waals surface area (Å²) < 4.78 is 1.67. The number of benzene rings is 1. The maximum atomic E-state index is 12.4. The first-order valence-corrected chi connectivity index (χ1v) is 9.24. The number of nitrogens with zero attached hydrogens (tertiary/aromatic N) is 4. The number of amides is 2. The number of likely N-dealkylation sites (tertiary alicyclic amines) is 1. The first-order valence-electron chi connectivity index (χ1n) is 9.24. The zero-order chi connectivity index (χ0) is 19.5. The van der Waals surface area contributed by atoms with Gasteiger partial charge >= 0.3 is 6.09 Å². The van der Waals surface area contributed by atoms with Crippen LogP contribution in [0.2, 0.25) is 0 Å². The second kappa shape index (κ2) is 7.67. The molecule has 2 aromatic heterocycles. The van der Waals surface area contributed by atoms with E-state index in [9.17, 15) is 9.59 Å². The minimum Gasteiger partial charge on any atom is -0.465 e. The average molecular weight is 379 g/mol. The normalized spacial score (nSPS) is 14.9. The summed E-state index contributed by atoms with van der Waals surface area (Å²) >= 11 is 0. The van der Waals surface area contributed by atoms with Gasteiger partial charge in [-0.3, -0.25) is 4.79 Å². The molecule has 3 aromatic rings. The third kappa shape index (κ3) is 3.80. The van der Waals surface area contributed by atoms with Crippen LogP contribution in [-0.4, -0.2) is 49.7 Å². The number of carbonyl (C=O) groups excluding carboxylic acids is 1. The molecule has 1 aliphatic rings. The van der Waals surface area contributed by atoms with Crippen LogP contribution in [0.4, 0.5) is 4.79 Å². The van der Waals surface area contributed by atoms with Gasteiger partial charge in [0.05, 0.1) is 0 Å². The van der Waals surface area contributed by atoms with Crippen LogP contribution in [0.1, 0.15) is 40.2 Å². The Morgan fingerprint density at radius 3 is 2.61 bits per heavy atom. The third-order valence-electron chi connectivity index (χ3n) is 5.21. The van der Waals surface area contributed by atoms with Gasteiger partial charge in [-0.15, -0.1) is 0 Å². The summed E-state index contributed by atoms with van der Waals surface area (Å²) in [5.41, 5.74) is 3.45. The van der Waals surface area contributed by atoms with E-state index in [1.165, 1.54) is 11.2 Å². The van der Waals surface area contributed by atoms with Gasteiger partial charge in [0.25, 0.3) is 5.91 Å². The molecule has 28 heavy (non-hydrogen) atoms. The highest BCUT2D eigenvalue weighted by molar-refractivity contribution is 5.94. The van der Waals surface area contributed by atoms with Crippen molar-refractivity contribution >= 4 is 17.6 Å². The molecule has 3 heterocycles. The van der Waals surface area contributed by atoms with Gasteiger partial charge in [-0.25, -0.2) is 14.3 Å². The average Bonchev–Trinajstić information content (AvgIpc) is 3.20. The molecule has 1 aromatic carbocycles. The lowest BCUT2D eigenvalue weighted by Crippen LogP contribution is -2.36. The zero-order valence-corrected chi connectivity index (χ0v) is 15.3. The van der Waals surface area contributed by atoms with E-state index in [1.54, 1.807) is 4.52 Å². The van der Waals surface area contributed by atoms with Crippen molar-refractivity contribution in [2.45, 2.75) is 25.3 Å². The van der Waals surface area contributed by atoms with E-state index < -0.39 is 6.09 Å². The molecule has 8 heteroatoms. The van der Waals surface area contributed by atoms with Gasteiger partial charge in [0.1, 0.15) is 6.33 Å². The van der Waals surface area contributed by atoms with Crippen LogP contribution in [0.15, 0.2) is 48.9 Å². The molecule has 2 N–H and O–H groups in total. The van der Waals surface area contributed by atoms with Crippen molar-refractivity contribution in [1.29, 1.82) is 0 Å². The van der Waals surface area contributed by atoms with Crippen LogP contribution < -0.4 is 5.32 Å². The SMILES string of the molecule is O=C(NCc1ccn2ncnc2c1)c1ccc(C2CCN(C(=O)O)CC2)cc1. The Morgan fingerprint density at radius 1 is 1.14 bits per heavy atom. The summed E-state index contributed by atoms with van der Waals surface area (Å²) in [6, 6.07) is 11.4. The molecule has 2 amide bonds. The lowest BCUT2D eigenvalue weighted by atomic mass is 9.89. The Kier molecular flexibility index (Phi) is 4.92. The van der Waals surface area contributed by atoms with Gasteiger partial charge in [0, 0.05) is 31.4 Å². The Hall–Kier alpha value is -3.42. The molecule has 0 atom stereocenters. The van der Waals surface area contributed by atoms with Crippen molar-refractivity contribution in [3.8, 4) is 0 Å². The van der Waals surface area contributed by atoms with Crippen molar-refractivity contribution in [2.24, 2.45) is 0 Å². The largest absolute Gasteiger partial charge is 0.465 e. The van der Waals surface area contributed by atoms with E-state index in [0.29, 0.717) is 31.1 Å². The van der Waals surface area contributed by atoms with Gasteiger partial charge < -0.3 is 15.3 Å². The molecule has 8 nitrogen and oxygen atoms in total. The minimum absolute atomic E-state index is 0.131. The summed E-state index contributed by atoms with van der Waals surface area (Å²) in [5.74, 6) is 0.205. The molecule has 144 valence electrons. The molecule has 0 unspecified atom stereocenters. The quantitative estimate of drug-likeness (QED) is 0.726. The maximum absolute atomic E-state index is 12.4. The fourth-order valence-corrected chi connectivity index (χ4v) is 3.56. The van der Waals surface area contributed by atoms with E-state index in [4.69, 9.17) is 5.11 Å². The van der Waals surface area contributed by atoms with Gasteiger partial charge in [-0.2, -0.15) is 5.10 Å². The van der Waals surface area contributed by atoms with Crippen LogP contribution in [0.3, 0.4) is 0 Å². The molecular formula is C20H21N5O3. The molecule has 1 fully saturated rings. The molecule has 0 radical (unpaired) electrons. The van der Waals surface area contributed by atoms with Gasteiger partial charge in [-0.1, -0.05) is 12.1 Å². The third-order valence-corrected chi connectivity index (χ3v) is 5.21. The number of carboxylic acid groups (broad SMARTS) is 1. The van der Waals surface area contributed by atoms with Crippen LogP contribution in [0, 0.1) is 0 Å². The zero-order valence-electron chi connectivity index (χ0n) is 15.3. The van der Waals surface area contributed by atoms with Crippen LogP contribution in [-0.2, 0) is 6.54 Å². The molecular weight excluding hydrogens is 358 g/mol. The minimum atomic E-state index is -0.853. The predicted octanol–water partition coefficient (Wildman–Crippen LogP) is 2.52. The van der Waals surface area contributed by atoms with Crippen molar-refractivity contribution in [3.63, 3.8) is 0 Å². The summed E-state index contributed by atoms with van der Waals surface area (Å²) in [5, 5.41) is 16.0. The molecule has 0 spiro atoms. The molecule has 0 bridgehead atoms. The number of hydrogen-bond donors (Lipinski definition) is 2. The standard InChI is InChI=1S/C20H21N5O3/c26-19(21-12-14-5-10-25-18(11-14)22-13-23-25)17-3-1-15(2-4-17)16-6-8-24(9-7-16)20(27)28/h1-5,10-11,13,16H,6-9,12H2,(H,21,26)(H,27,28). The summed E-state index contributed by atoms with van der Waals surface area (Å²) in [6.45, 7) is 1.52. The van der Waals surface area contributed by atoms with E-state index in [-0.39, 0.29) is 5.91 Å². The second-order valence-electron chi connectivity index (χ2n) is 6.95. The molecule has 1 aliphatic heterocycles. The van der Waals surface area contributed by atoms with E-state index >= 15 is 0 Å². The van der Waals surface area contributed by atoms with Crippen molar-refractivity contribution < 1.29 is 14.7 Å². The fraction of sp³-hybridized carbons (Fsp3) is 0.300. The van der Waals surface area contributed by atoms with Crippen molar-refractivity contribution in [3.05, 3.63) is 65.6 Å². The Bertz CT molecular complexity index is 991. The summed E-state index contributed by atoms with van der Waals surface area (Å²) in [7, 11) is 0. The number of rotatable bonds is 4. The van der Waals surface area contributed by atoms with E-state index in [1.807, 2.05) is 42.6 Å². The predicted molar refractivity (Wildman–Crippen MR) is 102 cm³/mol. The van der Waals surface area contributed by atoms with Crippen molar-refractivity contribution in [2.75, 3.05) is 13.1 Å². The number of nitrogens with one attached hydrogen (secondary N) is 1. The molecule has 0 saturated carbocycles. The van der Waals surface area contributed by atoms with Crippen LogP contribution >= 0.6 is 0 Å². The van der Waals surface area contributed by atoms with Crippen molar-refractivity contribution in [1.82, 2.24) is 24.8 Å². The van der Waals surface area contributed by atoms with Gasteiger partial charge in [-0.05, 0) is 54.2 Å². The number of aromatic nitrogens is 3. The second-order valence-corrected chi connectivity index (χ2v) is 6.95. The lowest BCUT2D eigenvalue weighted by Gasteiger charge is -2.30. The Morgan fingerprint density at radius 2 is 1.89 bits per heavy atom. The first kappa shape index (κ1) is 18.0. The van der Waals surface area contributed by atoms with Gasteiger partial charge in [0.2, 0.25) is 0 Å². The highest BCUT2D eigenvalue weighted by Gasteiger charge is 2.23. The highest BCUT2D eigenvalue weighted by Crippen LogP contribution is 2.28. The maximum Gasteiger partial charge on any atom is 0.407 e. The Labute approximate surface area is 161 Å². The number of fused-ring (bicyclic) bond motifs is 1. The summed E-state index contributed by atoms with van der Waals surface area (Å²) in [4.78, 5) is 29.0. The molecule has 4 rings (SSSR count). The highest BCUT2D eigenvalue weighted by atomic mass is 16.4. The Balaban J connectivity index is 1.34. The number of pyridine rings is 1. The smallest absolute Gasteiger partial charge is 0.407 e. The summed E-state index contributed by atoms with van der Waals surface area (Å²) in [6.07, 6.45) is 4.07. The first-order chi connectivity index (χ1) is 13.6. The van der Waals surface area contributed by atoms with E-state index in [0.717, 1.165) is 29.6 Å². The number of hydrogen-bond acceptors (Lipinski definition) is 4. The fourth-order valence-electron chi connectivity index (χ4n) is 3.56. The lowest BCUT2D eigenvalue weighted by molar-refractivity contribution is 0.0950.